The molecule has 1 atom stereocenters. The number of fused-ring (bicyclic) bond motifs is 1. The molecule has 5 heteroatoms. The van der Waals surface area contributed by atoms with Gasteiger partial charge in [-0.3, -0.25) is 0 Å². The van der Waals surface area contributed by atoms with Crippen molar-refractivity contribution in [3.05, 3.63) is 70.2 Å². The second-order valence-corrected chi connectivity index (χ2v) is 5.44. The Morgan fingerprint density at radius 2 is 2.15 bits per heavy atom. The van der Waals surface area contributed by atoms with Crippen LogP contribution in [-0.2, 0) is 6.42 Å². The normalized spacial score (nSPS) is 12.8. The highest BCUT2D eigenvalue weighted by atomic mass is 79.9. The number of benzene rings is 1. The minimum Gasteiger partial charge on any atom is -0.388 e. The third kappa shape index (κ3) is 2.46. The lowest BCUT2D eigenvalue weighted by Gasteiger charge is -2.11. The van der Waals surface area contributed by atoms with Crippen molar-refractivity contribution in [3.8, 4) is 0 Å². The molecule has 0 amide bonds. The maximum atomic E-state index is 13.3. The number of hydrogen-bond donors (Lipinski definition) is 1. The fourth-order valence-corrected chi connectivity index (χ4v) is 2.64. The Morgan fingerprint density at radius 1 is 1.30 bits per heavy atom. The van der Waals surface area contributed by atoms with Crippen LogP contribution in [0.25, 0.3) is 5.52 Å². The summed E-state index contributed by atoms with van der Waals surface area (Å²) in [5, 5.41) is 14.6. The van der Waals surface area contributed by atoms with E-state index < -0.39 is 6.10 Å². The van der Waals surface area contributed by atoms with Crippen LogP contribution in [0.15, 0.2) is 53.3 Å². The second-order valence-electron chi connectivity index (χ2n) is 4.59. The molecular weight excluding hydrogens is 323 g/mol. The summed E-state index contributed by atoms with van der Waals surface area (Å²) in [5.74, 6) is -0.310. The molecule has 0 aliphatic heterocycles. The van der Waals surface area contributed by atoms with Gasteiger partial charge in [-0.2, -0.15) is 5.10 Å². The summed E-state index contributed by atoms with van der Waals surface area (Å²) in [6, 6.07) is 10.1. The van der Waals surface area contributed by atoms with E-state index >= 15 is 0 Å². The molecule has 2 heterocycles. The molecule has 0 saturated heterocycles. The number of aliphatic hydroxyl groups is 1. The molecule has 1 N–H and O–H groups in total. The van der Waals surface area contributed by atoms with Crippen LogP contribution < -0.4 is 0 Å². The number of pyridine rings is 1. The van der Waals surface area contributed by atoms with Gasteiger partial charge < -0.3 is 5.11 Å². The third-order valence-corrected chi connectivity index (χ3v) is 4.01. The Bertz CT molecular complexity index is 756. The predicted octanol–water partition coefficient (Wildman–Crippen LogP) is 3.51. The van der Waals surface area contributed by atoms with Crippen molar-refractivity contribution in [1.29, 1.82) is 0 Å². The van der Waals surface area contributed by atoms with E-state index in [1.165, 1.54) is 12.1 Å². The molecule has 3 rings (SSSR count). The van der Waals surface area contributed by atoms with Crippen molar-refractivity contribution in [2.24, 2.45) is 0 Å². The van der Waals surface area contributed by atoms with Gasteiger partial charge in [0.1, 0.15) is 5.82 Å². The topological polar surface area (TPSA) is 37.5 Å². The van der Waals surface area contributed by atoms with Crippen molar-refractivity contribution < 1.29 is 9.50 Å². The van der Waals surface area contributed by atoms with Gasteiger partial charge in [-0.1, -0.05) is 22.0 Å². The molecule has 3 nitrogen and oxygen atoms in total. The molecule has 0 fully saturated rings. The van der Waals surface area contributed by atoms with Gasteiger partial charge in [0.15, 0.2) is 0 Å². The maximum absolute atomic E-state index is 13.3. The number of nitrogens with zero attached hydrogens (tertiary/aromatic N) is 2. The molecule has 20 heavy (non-hydrogen) atoms. The number of halogens is 2. The zero-order valence-electron chi connectivity index (χ0n) is 10.5. The Hall–Kier alpha value is -1.72. The zero-order valence-corrected chi connectivity index (χ0v) is 12.1. The maximum Gasteiger partial charge on any atom is 0.123 e. The summed E-state index contributed by atoms with van der Waals surface area (Å²) >= 11 is 3.37. The van der Waals surface area contributed by atoms with Crippen molar-refractivity contribution in [2.75, 3.05) is 0 Å². The van der Waals surface area contributed by atoms with E-state index in [1.807, 2.05) is 24.4 Å². The van der Waals surface area contributed by atoms with Crippen LogP contribution in [0.5, 0.6) is 0 Å². The van der Waals surface area contributed by atoms with Crippen LogP contribution in [0.1, 0.15) is 17.2 Å². The molecule has 0 spiro atoms. The summed E-state index contributed by atoms with van der Waals surface area (Å²) in [7, 11) is 0. The highest BCUT2D eigenvalue weighted by molar-refractivity contribution is 9.10. The summed E-state index contributed by atoms with van der Waals surface area (Å²) < 4.78 is 15.8. The summed E-state index contributed by atoms with van der Waals surface area (Å²) in [5.41, 5.74) is 2.32. The highest BCUT2D eigenvalue weighted by Crippen LogP contribution is 2.26. The summed E-state index contributed by atoms with van der Waals surface area (Å²) in [6.07, 6.45) is 3.07. The first-order valence-corrected chi connectivity index (χ1v) is 6.99. The Kier molecular flexibility index (Phi) is 3.54. The van der Waals surface area contributed by atoms with Gasteiger partial charge in [0.25, 0.3) is 0 Å². The van der Waals surface area contributed by atoms with Crippen LogP contribution in [-0.4, -0.2) is 14.7 Å². The lowest BCUT2D eigenvalue weighted by atomic mass is 10.0. The van der Waals surface area contributed by atoms with Crippen LogP contribution in [0.4, 0.5) is 4.39 Å². The van der Waals surface area contributed by atoms with Gasteiger partial charge in [-0.25, -0.2) is 8.91 Å². The van der Waals surface area contributed by atoms with E-state index in [4.69, 9.17) is 0 Å². The summed E-state index contributed by atoms with van der Waals surface area (Å²) in [6.45, 7) is 0. The van der Waals surface area contributed by atoms with Gasteiger partial charge >= 0.3 is 0 Å². The van der Waals surface area contributed by atoms with Gasteiger partial charge in [-0.15, -0.1) is 0 Å². The van der Waals surface area contributed by atoms with Crippen LogP contribution in [0.2, 0.25) is 0 Å². The fourth-order valence-electron chi connectivity index (χ4n) is 2.23. The minimum atomic E-state index is -0.729. The van der Waals surface area contributed by atoms with Gasteiger partial charge in [-0.05, 0) is 35.9 Å². The average molecular weight is 335 g/mol. The monoisotopic (exact) mass is 334 g/mol. The molecule has 0 aliphatic rings. The molecule has 3 aromatic rings. The standard InChI is InChI=1S/C15H12BrFN2O/c16-13-5-4-11(17)7-10(13)8-15(20)12-9-18-19-6-2-1-3-14(12)19/h1-7,9,15,20H,8H2. The smallest absolute Gasteiger partial charge is 0.123 e. The second kappa shape index (κ2) is 5.34. The van der Waals surface area contributed by atoms with Gasteiger partial charge in [0.05, 0.1) is 17.8 Å². The van der Waals surface area contributed by atoms with Crippen LogP contribution in [0.3, 0.4) is 0 Å². The van der Waals surface area contributed by atoms with Crippen LogP contribution >= 0.6 is 15.9 Å². The van der Waals surface area contributed by atoms with E-state index in [-0.39, 0.29) is 5.82 Å². The first kappa shape index (κ1) is 13.3. The number of aromatic nitrogens is 2. The van der Waals surface area contributed by atoms with Crippen molar-refractivity contribution in [3.63, 3.8) is 0 Å². The first-order valence-electron chi connectivity index (χ1n) is 6.19. The largest absolute Gasteiger partial charge is 0.388 e. The van der Waals surface area contributed by atoms with Gasteiger partial charge in [0, 0.05) is 22.7 Å². The van der Waals surface area contributed by atoms with Crippen molar-refractivity contribution in [2.45, 2.75) is 12.5 Å². The Balaban J connectivity index is 1.93. The first-order chi connectivity index (χ1) is 9.65. The quantitative estimate of drug-likeness (QED) is 0.795. The molecule has 0 aliphatic carbocycles. The highest BCUT2D eigenvalue weighted by Gasteiger charge is 2.15. The third-order valence-electron chi connectivity index (χ3n) is 3.24. The molecule has 1 aromatic carbocycles. The fraction of sp³-hybridized carbons (Fsp3) is 0.133. The van der Waals surface area contributed by atoms with E-state index in [0.29, 0.717) is 6.42 Å². The molecule has 0 bridgehead atoms. The zero-order chi connectivity index (χ0) is 14.1. The van der Waals surface area contributed by atoms with E-state index in [2.05, 4.69) is 21.0 Å². The number of hydrogen-bond acceptors (Lipinski definition) is 2. The molecular formula is C15H12BrFN2O. The molecule has 102 valence electrons. The predicted molar refractivity (Wildman–Crippen MR) is 78.0 cm³/mol. The SMILES string of the molecule is OC(Cc1cc(F)ccc1Br)c1cnn2ccccc12. The van der Waals surface area contributed by atoms with E-state index in [9.17, 15) is 9.50 Å². The van der Waals surface area contributed by atoms with E-state index in [1.54, 1.807) is 16.8 Å². The lowest BCUT2D eigenvalue weighted by molar-refractivity contribution is 0.179. The van der Waals surface area contributed by atoms with Gasteiger partial charge in [0.2, 0.25) is 0 Å². The Morgan fingerprint density at radius 3 is 3.00 bits per heavy atom. The minimum absolute atomic E-state index is 0.310. The number of aliphatic hydroxyl groups excluding tert-OH is 1. The van der Waals surface area contributed by atoms with Crippen molar-refractivity contribution in [1.82, 2.24) is 9.61 Å². The summed E-state index contributed by atoms with van der Waals surface area (Å²) in [4.78, 5) is 0. The number of rotatable bonds is 3. The molecule has 0 radical (unpaired) electrons. The molecule has 1 unspecified atom stereocenters. The van der Waals surface area contributed by atoms with Crippen LogP contribution in [0, 0.1) is 5.82 Å². The van der Waals surface area contributed by atoms with E-state index in [0.717, 1.165) is 21.1 Å². The Labute approximate surface area is 123 Å². The molecule has 0 saturated carbocycles. The molecule has 2 aromatic heterocycles. The lowest BCUT2D eigenvalue weighted by Crippen LogP contribution is -2.02. The average Bonchev–Trinajstić information content (AvgIpc) is 2.87. The van der Waals surface area contributed by atoms with Crippen molar-refractivity contribution >= 4 is 21.4 Å².